The Balaban J connectivity index is 1.54. The highest BCUT2D eigenvalue weighted by Gasteiger charge is 2.55. The zero-order valence-electron chi connectivity index (χ0n) is 18.6. The number of ether oxygens (including phenoxy) is 1. The number of H-pyrrole nitrogens is 1. The van der Waals surface area contributed by atoms with Crippen molar-refractivity contribution in [1.82, 2.24) is 9.97 Å². The second-order valence-electron chi connectivity index (χ2n) is 8.40. The van der Waals surface area contributed by atoms with E-state index in [2.05, 4.69) is 9.97 Å². The number of methoxy groups -OCH3 is 1. The zero-order chi connectivity index (χ0) is 24.3. The molecule has 1 amide bonds. The Morgan fingerprint density at radius 2 is 1.77 bits per heavy atom. The summed E-state index contributed by atoms with van der Waals surface area (Å²) in [5.74, 6) is -1.63. The second kappa shape index (κ2) is 7.48. The quantitative estimate of drug-likeness (QED) is 0.298. The zero-order valence-corrected chi connectivity index (χ0v) is 18.6. The molecule has 5 aromatic rings. The van der Waals surface area contributed by atoms with Crippen LogP contribution in [0.4, 0.5) is 15.8 Å². The number of aromatic amines is 1. The average Bonchev–Trinajstić information content (AvgIpc) is 3.36. The summed E-state index contributed by atoms with van der Waals surface area (Å²) in [6.45, 7) is 0. The van der Waals surface area contributed by atoms with Crippen LogP contribution in [-0.2, 0) is 10.3 Å². The fourth-order valence-corrected chi connectivity index (χ4v) is 4.73. The molecule has 0 radical (unpaired) electrons. The van der Waals surface area contributed by atoms with Gasteiger partial charge in [-0.15, -0.1) is 0 Å². The number of carbonyl (C=O) groups is 2. The number of halogens is 1. The lowest BCUT2D eigenvalue weighted by Gasteiger charge is -2.23. The maximum atomic E-state index is 14.8. The highest BCUT2D eigenvalue weighted by molar-refractivity contribution is 6.28. The fraction of sp³-hybridized carbons (Fsp3) is 0.0741. The Hall–Kier alpha value is -4.56. The summed E-state index contributed by atoms with van der Waals surface area (Å²) < 4.78 is 20.1. The van der Waals surface area contributed by atoms with Gasteiger partial charge in [0.05, 0.1) is 30.2 Å². The first kappa shape index (κ1) is 21.0. The molecule has 0 saturated carbocycles. The number of pyridine rings is 1. The number of fused-ring (bicyclic) bond motifs is 4. The van der Waals surface area contributed by atoms with E-state index in [0.717, 1.165) is 26.7 Å². The smallest absolute Gasteiger partial charge is 0.264 e. The Kier molecular flexibility index (Phi) is 4.49. The lowest BCUT2D eigenvalue weighted by Crippen LogP contribution is -2.52. The fourth-order valence-electron chi connectivity index (χ4n) is 4.73. The average molecular weight is 466 g/mol. The van der Waals surface area contributed by atoms with E-state index in [0.29, 0.717) is 5.75 Å². The van der Waals surface area contributed by atoms with Gasteiger partial charge >= 0.3 is 0 Å². The third-order valence-electron chi connectivity index (χ3n) is 6.49. The summed E-state index contributed by atoms with van der Waals surface area (Å²) in [6, 6.07) is 19.9. The van der Waals surface area contributed by atoms with Crippen molar-refractivity contribution >= 4 is 44.9 Å². The Morgan fingerprint density at radius 1 is 1.00 bits per heavy atom. The van der Waals surface area contributed by atoms with Gasteiger partial charge in [0.2, 0.25) is 5.78 Å². The number of nitrogens with two attached hydrogens (primary N) is 1. The third kappa shape index (κ3) is 2.90. The van der Waals surface area contributed by atoms with E-state index in [-0.39, 0.29) is 22.6 Å². The van der Waals surface area contributed by atoms with Gasteiger partial charge in [0.25, 0.3) is 5.91 Å². The first-order valence-corrected chi connectivity index (χ1v) is 10.9. The van der Waals surface area contributed by atoms with Crippen molar-refractivity contribution in [2.75, 3.05) is 12.0 Å². The minimum Gasteiger partial charge on any atom is -0.497 e. The number of nitrogens with zero attached hydrogens (tertiary/aromatic N) is 2. The monoisotopic (exact) mass is 466 g/mol. The number of ketones is 1. The van der Waals surface area contributed by atoms with Gasteiger partial charge in [-0.3, -0.25) is 19.5 Å². The van der Waals surface area contributed by atoms with Crippen LogP contribution >= 0.6 is 0 Å². The number of hydrogen-bond donors (Lipinski definition) is 2. The normalized spacial score (nSPS) is 17.2. The summed E-state index contributed by atoms with van der Waals surface area (Å²) >= 11 is 0. The van der Waals surface area contributed by atoms with Crippen molar-refractivity contribution in [3.63, 3.8) is 0 Å². The highest BCUT2D eigenvalue weighted by atomic mass is 19.1. The SMILES string of the molecule is COc1ccc2c(c1)N(c1ccccc1F)C(=O)C2(N)C(=O)c1cc2c(cn1)[nH]c1ccccc12. The molecule has 0 aliphatic carbocycles. The third-order valence-corrected chi connectivity index (χ3v) is 6.49. The van der Waals surface area contributed by atoms with Crippen LogP contribution in [0, 0.1) is 5.82 Å². The molecule has 1 unspecified atom stereocenters. The maximum Gasteiger partial charge on any atom is 0.264 e. The molecular weight excluding hydrogens is 447 g/mol. The van der Waals surface area contributed by atoms with Gasteiger partial charge in [-0.05, 0) is 30.3 Å². The first-order chi connectivity index (χ1) is 16.9. The van der Waals surface area contributed by atoms with Gasteiger partial charge in [0, 0.05) is 27.9 Å². The van der Waals surface area contributed by atoms with Gasteiger partial charge in [-0.2, -0.15) is 0 Å². The van der Waals surface area contributed by atoms with Crippen molar-refractivity contribution < 1.29 is 18.7 Å². The number of Topliss-reactive ketones (excluding diaryl/α,β-unsaturated/α-hetero) is 1. The number of aromatic nitrogens is 2. The van der Waals surface area contributed by atoms with Crippen LogP contribution < -0.4 is 15.4 Å². The van der Waals surface area contributed by atoms with Gasteiger partial charge in [-0.1, -0.05) is 36.4 Å². The topological polar surface area (TPSA) is 101 Å². The Labute approximate surface area is 198 Å². The molecule has 0 bridgehead atoms. The molecule has 7 nitrogen and oxygen atoms in total. The first-order valence-electron chi connectivity index (χ1n) is 10.9. The molecule has 8 heteroatoms. The van der Waals surface area contributed by atoms with Crippen LogP contribution in [0.15, 0.2) is 79.0 Å². The summed E-state index contributed by atoms with van der Waals surface area (Å²) in [6.07, 6.45) is 1.55. The molecule has 35 heavy (non-hydrogen) atoms. The molecule has 172 valence electrons. The van der Waals surface area contributed by atoms with Crippen LogP contribution in [0.5, 0.6) is 5.75 Å². The van der Waals surface area contributed by atoms with Crippen molar-refractivity contribution in [3.8, 4) is 5.75 Å². The Morgan fingerprint density at radius 3 is 2.57 bits per heavy atom. The summed E-state index contributed by atoms with van der Waals surface area (Å²) in [4.78, 5) is 36.4. The van der Waals surface area contributed by atoms with E-state index < -0.39 is 23.0 Å². The number of rotatable bonds is 4. The molecule has 6 rings (SSSR count). The van der Waals surface area contributed by atoms with Crippen molar-refractivity contribution in [3.05, 3.63) is 96.1 Å². The van der Waals surface area contributed by atoms with E-state index in [1.165, 1.54) is 25.3 Å². The summed E-state index contributed by atoms with van der Waals surface area (Å²) in [7, 11) is 1.48. The second-order valence-corrected chi connectivity index (χ2v) is 8.40. The van der Waals surface area contributed by atoms with Gasteiger partial charge in [0.1, 0.15) is 17.3 Å². The van der Waals surface area contributed by atoms with Crippen LogP contribution in [-0.4, -0.2) is 28.8 Å². The predicted molar refractivity (Wildman–Crippen MR) is 130 cm³/mol. The minimum atomic E-state index is -2.10. The molecule has 1 atom stereocenters. The van der Waals surface area contributed by atoms with Crippen LogP contribution in [0.2, 0.25) is 0 Å². The van der Waals surface area contributed by atoms with E-state index >= 15 is 0 Å². The van der Waals surface area contributed by atoms with E-state index in [4.69, 9.17) is 10.5 Å². The highest BCUT2D eigenvalue weighted by Crippen LogP contribution is 2.46. The van der Waals surface area contributed by atoms with Gasteiger partial charge < -0.3 is 15.5 Å². The summed E-state index contributed by atoms with van der Waals surface area (Å²) in [5, 5.41) is 1.70. The lowest BCUT2D eigenvalue weighted by molar-refractivity contribution is -0.120. The largest absolute Gasteiger partial charge is 0.497 e. The number of amides is 1. The van der Waals surface area contributed by atoms with Crippen LogP contribution in [0.25, 0.3) is 21.8 Å². The molecule has 2 aromatic heterocycles. The number of carbonyl (C=O) groups excluding carboxylic acids is 2. The number of hydrogen-bond acceptors (Lipinski definition) is 5. The van der Waals surface area contributed by atoms with Gasteiger partial charge in [0.15, 0.2) is 5.54 Å². The van der Waals surface area contributed by atoms with E-state index in [9.17, 15) is 14.0 Å². The minimum absolute atomic E-state index is 0.00725. The van der Waals surface area contributed by atoms with Gasteiger partial charge in [-0.25, -0.2) is 4.39 Å². The summed E-state index contributed by atoms with van der Waals surface area (Å²) in [5.41, 5.74) is 6.75. The molecule has 0 saturated heterocycles. The molecule has 3 aromatic carbocycles. The van der Waals surface area contributed by atoms with Crippen molar-refractivity contribution in [2.45, 2.75) is 5.54 Å². The van der Waals surface area contributed by atoms with Crippen molar-refractivity contribution in [1.29, 1.82) is 0 Å². The molecule has 3 heterocycles. The molecule has 1 aliphatic heterocycles. The van der Waals surface area contributed by atoms with Crippen LogP contribution in [0.1, 0.15) is 16.1 Å². The Bertz CT molecular complexity index is 1680. The molecule has 0 fully saturated rings. The number of benzene rings is 3. The van der Waals surface area contributed by atoms with E-state index in [1.807, 2.05) is 24.3 Å². The number of nitrogens with one attached hydrogen (secondary N) is 1. The molecule has 1 aliphatic rings. The number of para-hydroxylation sites is 2. The molecule has 3 N–H and O–H groups in total. The lowest BCUT2D eigenvalue weighted by atomic mass is 9.86. The molecule has 0 spiro atoms. The molecular formula is C27H19FN4O3. The number of anilines is 2. The maximum absolute atomic E-state index is 14.8. The van der Waals surface area contributed by atoms with Crippen LogP contribution in [0.3, 0.4) is 0 Å². The standard InChI is InChI=1S/C27H19FN4O3/c1-35-15-10-11-18-24(12-15)32(23-9-5-3-7-19(23)28)26(34)27(18,29)25(33)21-13-17-16-6-2-4-8-20(16)31-22(17)14-30-21/h2-14,31H,29H2,1H3. The van der Waals surface area contributed by atoms with E-state index in [1.54, 1.807) is 36.5 Å². The van der Waals surface area contributed by atoms with Crippen molar-refractivity contribution in [2.24, 2.45) is 5.73 Å². The predicted octanol–water partition coefficient (Wildman–Crippen LogP) is 4.58.